The average Bonchev–Trinajstić information content (AvgIpc) is 3.08. The van der Waals surface area contributed by atoms with E-state index in [1.165, 1.54) is 10.4 Å². The van der Waals surface area contributed by atoms with Crippen molar-refractivity contribution in [3.05, 3.63) is 33.1 Å². The summed E-state index contributed by atoms with van der Waals surface area (Å²) in [5.74, 6) is 0.612. The van der Waals surface area contributed by atoms with Gasteiger partial charge in [-0.2, -0.15) is 0 Å². The molecule has 1 saturated heterocycles. The first-order chi connectivity index (χ1) is 13.9. The molecule has 4 nitrogen and oxygen atoms in total. The number of nitrogens with zero attached hydrogens (tertiary/aromatic N) is 2. The Labute approximate surface area is 186 Å². The maximum atomic E-state index is 12.2. The van der Waals surface area contributed by atoms with Gasteiger partial charge in [0, 0.05) is 44.2 Å². The summed E-state index contributed by atoms with van der Waals surface area (Å²) in [6.45, 7) is 9.98. The topological polar surface area (TPSA) is 43.8 Å². The molecule has 0 bridgehead atoms. The zero-order valence-corrected chi connectivity index (χ0v) is 19.9. The first-order valence-electron chi connectivity index (χ1n) is 10.4. The molecule has 0 atom stereocenters. The number of hydrogen-bond acceptors (Lipinski definition) is 6. The average molecular weight is 451 g/mol. The largest absolute Gasteiger partial charge is 0.508 e. The van der Waals surface area contributed by atoms with Gasteiger partial charge in [0.1, 0.15) is 9.57 Å². The SMILES string of the molecule is CCCCc1c(-c2ccc(O)c(CN3CCN(C(=O)C(C)C)CC3)c2)ssc1=S. The molecule has 0 saturated carbocycles. The molecule has 0 spiro atoms. The Morgan fingerprint density at radius 2 is 1.93 bits per heavy atom. The van der Waals surface area contributed by atoms with Crippen molar-refractivity contribution < 1.29 is 9.90 Å². The van der Waals surface area contributed by atoms with Crippen LogP contribution in [0.5, 0.6) is 5.75 Å². The molecule has 1 N–H and O–H groups in total. The van der Waals surface area contributed by atoms with Gasteiger partial charge in [0.25, 0.3) is 0 Å². The smallest absolute Gasteiger partial charge is 0.225 e. The second kappa shape index (κ2) is 10.2. The molecule has 1 aliphatic heterocycles. The molecule has 3 rings (SSSR count). The van der Waals surface area contributed by atoms with Crippen LogP contribution in [0.25, 0.3) is 10.4 Å². The molecule has 7 heteroatoms. The van der Waals surface area contributed by atoms with Gasteiger partial charge in [-0.1, -0.05) is 60.1 Å². The zero-order chi connectivity index (χ0) is 21.0. The van der Waals surface area contributed by atoms with Gasteiger partial charge in [-0.05, 0) is 42.2 Å². The van der Waals surface area contributed by atoms with E-state index in [0.717, 1.165) is 60.4 Å². The van der Waals surface area contributed by atoms with Crippen LogP contribution < -0.4 is 0 Å². The quantitative estimate of drug-likeness (QED) is 0.443. The van der Waals surface area contributed by atoms with E-state index in [0.29, 0.717) is 12.3 Å². The minimum Gasteiger partial charge on any atom is -0.508 e. The van der Waals surface area contributed by atoms with E-state index in [4.69, 9.17) is 12.2 Å². The number of benzene rings is 1. The number of unbranched alkanes of at least 4 members (excludes halogenated alkanes) is 1. The highest BCUT2D eigenvalue weighted by atomic mass is 32.9. The lowest BCUT2D eigenvalue weighted by Gasteiger charge is -2.35. The summed E-state index contributed by atoms with van der Waals surface area (Å²) in [4.78, 5) is 17.7. The molecule has 0 radical (unpaired) electrons. The molecule has 0 unspecified atom stereocenters. The maximum absolute atomic E-state index is 12.2. The lowest BCUT2D eigenvalue weighted by atomic mass is 10.0. The van der Waals surface area contributed by atoms with Crippen LogP contribution in [-0.4, -0.2) is 47.0 Å². The van der Waals surface area contributed by atoms with Gasteiger partial charge in [0.05, 0.1) is 4.88 Å². The Morgan fingerprint density at radius 1 is 1.21 bits per heavy atom. The Balaban J connectivity index is 1.73. The van der Waals surface area contributed by atoms with Gasteiger partial charge in [0.15, 0.2) is 0 Å². The molecular weight excluding hydrogens is 420 g/mol. The Bertz CT molecular complexity index is 896. The predicted octanol–water partition coefficient (Wildman–Crippen LogP) is 5.55. The molecule has 1 amide bonds. The number of carbonyl (C=O) groups excluding carboxylic acids is 1. The minimum atomic E-state index is 0.0466. The Morgan fingerprint density at radius 3 is 2.59 bits per heavy atom. The third-order valence-corrected chi connectivity index (χ3v) is 8.61. The standard InChI is InChI=1S/C22H30N2O2S3/c1-4-5-6-18-20(28-29-22(18)27)16-7-8-19(25)17(13-16)14-23-9-11-24(12-10-23)21(26)15(2)3/h7-8,13,15,25H,4-6,9-12,14H2,1-3H3. The summed E-state index contributed by atoms with van der Waals surface area (Å²) in [5, 5.41) is 10.4. The summed E-state index contributed by atoms with van der Waals surface area (Å²) in [6.07, 6.45) is 3.32. The molecule has 0 aliphatic carbocycles. The third kappa shape index (κ3) is 5.45. The molecule has 2 heterocycles. The summed E-state index contributed by atoms with van der Waals surface area (Å²) >= 11 is 5.57. The second-order valence-electron chi connectivity index (χ2n) is 7.96. The number of amides is 1. The summed E-state index contributed by atoms with van der Waals surface area (Å²) in [6, 6.07) is 5.92. The molecule has 1 aliphatic rings. The molecular formula is C22H30N2O2S3. The fourth-order valence-electron chi connectivity index (χ4n) is 3.65. The fraction of sp³-hybridized carbons (Fsp3) is 0.545. The van der Waals surface area contributed by atoms with Crippen LogP contribution in [0.15, 0.2) is 18.2 Å². The van der Waals surface area contributed by atoms with Crippen molar-refractivity contribution in [1.82, 2.24) is 9.80 Å². The van der Waals surface area contributed by atoms with Gasteiger partial charge in [0.2, 0.25) is 5.91 Å². The molecule has 29 heavy (non-hydrogen) atoms. The number of hydrogen-bond donors (Lipinski definition) is 1. The van der Waals surface area contributed by atoms with Crippen molar-refractivity contribution in [3.63, 3.8) is 0 Å². The third-order valence-electron chi connectivity index (χ3n) is 5.42. The van der Waals surface area contributed by atoms with Crippen LogP contribution in [0, 0.1) is 9.74 Å². The second-order valence-corrected chi connectivity index (χ2v) is 10.8. The van der Waals surface area contributed by atoms with Crippen molar-refractivity contribution in [2.75, 3.05) is 26.2 Å². The van der Waals surface area contributed by atoms with E-state index in [9.17, 15) is 9.90 Å². The van der Waals surface area contributed by atoms with Crippen molar-refractivity contribution in [2.45, 2.75) is 46.6 Å². The van der Waals surface area contributed by atoms with Crippen LogP contribution in [-0.2, 0) is 17.8 Å². The van der Waals surface area contributed by atoms with Crippen molar-refractivity contribution in [1.29, 1.82) is 0 Å². The van der Waals surface area contributed by atoms with Crippen molar-refractivity contribution in [3.8, 4) is 16.2 Å². The first kappa shape index (κ1) is 22.4. The number of rotatable bonds is 7. The van der Waals surface area contributed by atoms with E-state index >= 15 is 0 Å². The Hall–Kier alpha value is -1.28. The monoisotopic (exact) mass is 450 g/mol. The van der Waals surface area contributed by atoms with Crippen LogP contribution >= 0.6 is 32.9 Å². The number of phenols is 1. The number of phenolic OH excluding ortho intramolecular Hbond substituents is 1. The van der Waals surface area contributed by atoms with E-state index in [1.54, 1.807) is 26.7 Å². The normalized spacial score (nSPS) is 15.2. The van der Waals surface area contributed by atoms with E-state index in [2.05, 4.69) is 17.9 Å². The fourth-order valence-corrected chi connectivity index (χ4v) is 6.65. The van der Waals surface area contributed by atoms with Gasteiger partial charge >= 0.3 is 0 Å². The molecule has 1 aromatic heterocycles. The molecule has 2 aromatic rings. The first-order valence-corrected chi connectivity index (χ1v) is 12.9. The van der Waals surface area contributed by atoms with E-state index in [1.807, 2.05) is 24.8 Å². The molecule has 1 aromatic carbocycles. The van der Waals surface area contributed by atoms with E-state index < -0.39 is 0 Å². The number of piperazine rings is 1. The van der Waals surface area contributed by atoms with Crippen LogP contribution in [0.2, 0.25) is 0 Å². The van der Waals surface area contributed by atoms with Gasteiger partial charge in [-0.3, -0.25) is 9.69 Å². The highest BCUT2D eigenvalue weighted by Gasteiger charge is 2.23. The van der Waals surface area contributed by atoms with E-state index in [-0.39, 0.29) is 11.8 Å². The zero-order valence-electron chi connectivity index (χ0n) is 17.4. The molecule has 158 valence electrons. The van der Waals surface area contributed by atoms with Crippen LogP contribution in [0.3, 0.4) is 0 Å². The van der Waals surface area contributed by atoms with Crippen LogP contribution in [0.4, 0.5) is 0 Å². The van der Waals surface area contributed by atoms with Crippen molar-refractivity contribution in [2.24, 2.45) is 5.92 Å². The summed E-state index contributed by atoms with van der Waals surface area (Å²) < 4.78 is 0.999. The number of aromatic hydroxyl groups is 1. The van der Waals surface area contributed by atoms with Gasteiger partial charge < -0.3 is 10.0 Å². The summed E-state index contributed by atoms with van der Waals surface area (Å²) in [7, 11) is 3.42. The van der Waals surface area contributed by atoms with Gasteiger partial charge in [-0.15, -0.1) is 0 Å². The summed E-state index contributed by atoms with van der Waals surface area (Å²) in [5.41, 5.74) is 3.38. The number of carbonyl (C=O) groups is 1. The minimum absolute atomic E-state index is 0.0466. The predicted molar refractivity (Wildman–Crippen MR) is 125 cm³/mol. The van der Waals surface area contributed by atoms with Gasteiger partial charge in [-0.25, -0.2) is 0 Å². The maximum Gasteiger partial charge on any atom is 0.225 e. The Kier molecular flexibility index (Phi) is 7.85. The lowest BCUT2D eigenvalue weighted by molar-refractivity contribution is -0.136. The highest BCUT2D eigenvalue weighted by molar-refractivity contribution is 7.80. The highest BCUT2D eigenvalue weighted by Crippen LogP contribution is 2.37. The van der Waals surface area contributed by atoms with Crippen molar-refractivity contribution >= 4 is 38.8 Å². The lowest BCUT2D eigenvalue weighted by Crippen LogP contribution is -2.49. The van der Waals surface area contributed by atoms with Crippen LogP contribution in [0.1, 0.15) is 44.7 Å². The molecule has 1 fully saturated rings.